The topological polar surface area (TPSA) is 54.2 Å². The largest absolute Gasteiger partial charge is 0.408 e. The molecule has 0 bridgehead atoms. The van der Waals surface area contributed by atoms with Crippen LogP contribution in [-0.4, -0.2) is 46.9 Å². The summed E-state index contributed by atoms with van der Waals surface area (Å²) in [6.07, 6.45) is -3.67. The van der Waals surface area contributed by atoms with E-state index in [-0.39, 0.29) is 18.5 Å². The molecule has 2 rings (SSSR count). The van der Waals surface area contributed by atoms with Crippen molar-refractivity contribution in [2.75, 3.05) is 18.9 Å². The van der Waals surface area contributed by atoms with Gasteiger partial charge in [0, 0.05) is 19.5 Å². The molecular weight excluding hydrogens is 249 g/mol. The van der Waals surface area contributed by atoms with Crippen LogP contribution < -0.4 is 5.32 Å². The summed E-state index contributed by atoms with van der Waals surface area (Å²) >= 11 is 0. The molecular formula is C10H15F3N4O. The van der Waals surface area contributed by atoms with Crippen molar-refractivity contribution in [2.45, 2.75) is 38.0 Å². The lowest BCUT2D eigenvalue weighted by atomic mass is 9.98. The van der Waals surface area contributed by atoms with Crippen molar-refractivity contribution in [2.24, 2.45) is 0 Å². The highest BCUT2D eigenvalue weighted by molar-refractivity contribution is 5.20. The number of anilines is 1. The minimum Gasteiger partial charge on any atom is -0.408 e. The van der Waals surface area contributed by atoms with Crippen LogP contribution in [0, 0.1) is 6.92 Å². The van der Waals surface area contributed by atoms with Crippen LogP contribution in [0.25, 0.3) is 0 Å². The lowest BCUT2D eigenvalue weighted by Gasteiger charge is -2.37. The lowest BCUT2D eigenvalue weighted by Crippen LogP contribution is -2.52. The molecule has 1 aromatic rings. The first-order valence-corrected chi connectivity index (χ1v) is 5.70. The second-order valence-electron chi connectivity index (χ2n) is 4.54. The minimum absolute atomic E-state index is 0.0742. The highest BCUT2D eigenvalue weighted by Crippen LogP contribution is 2.31. The highest BCUT2D eigenvalue weighted by atomic mass is 19.4. The summed E-state index contributed by atoms with van der Waals surface area (Å²) in [6, 6.07) is -1.20. The molecule has 0 amide bonds. The van der Waals surface area contributed by atoms with Gasteiger partial charge in [-0.05, 0) is 19.9 Å². The first-order valence-electron chi connectivity index (χ1n) is 5.70. The molecule has 1 fully saturated rings. The Labute approximate surface area is 102 Å². The molecule has 5 nitrogen and oxygen atoms in total. The molecule has 2 heterocycles. The van der Waals surface area contributed by atoms with E-state index >= 15 is 0 Å². The van der Waals surface area contributed by atoms with Crippen LogP contribution in [0.3, 0.4) is 0 Å². The zero-order chi connectivity index (χ0) is 13.3. The molecule has 0 aromatic carbocycles. The van der Waals surface area contributed by atoms with Gasteiger partial charge in [0.1, 0.15) is 6.04 Å². The summed E-state index contributed by atoms with van der Waals surface area (Å²) in [4.78, 5) is 1.31. The smallest absolute Gasteiger partial charge is 0.404 e. The third kappa shape index (κ3) is 2.92. The van der Waals surface area contributed by atoms with Crippen molar-refractivity contribution in [1.82, 2.24) is 15.1 Å². The van der Waals surface area contributed by atoms with E-state index in [0.29, 0.717) is 18.9 Å². The Morgan fingerprint density at radius 3 is 2.56 bits per heavy atom. The van der Waals surface area contributed by atoms with Gasteiger partial charge in [-0.1, -0.05) is 5.10 Å². The summed E-state index contributed by atoms with van der Waals surface area (Å²) in [5, 5.41) is 10.4. The van der Waals surface area contributed by atoms with Gasteiger partial charge in [0.25, 0.3) is 0 Å². The van der Waals surface area contributed by atoms with E-state index in [1.54, 1.807) is 6.92 Å². The number of likely N-dealkylation sites (N-methyl/N-ethyl adjacent to an activating group) is 1. The number of rotatable bonds is 2. The van der Waals surface area contributed by atoms with Crippen molar-refractivity contribution < 1.29 is 17.6 Å². The maximum atomic E-state index is 12.6. The van der Waals surface area contributed by atoms with Crippen LogP contribution in [0.2, 0.25) is 0 Å². The van der Waals surface area contributed by atoms with Crippen molar-refractivity contribution in [1.29, 1.82) is 0 Å². The highest BCUT2D eigenvalue weighted by Gasteiger charge is 2.44. The maximum Gasteiger partial charge on any atom is 0.404 e. The fraction of sp³-hybridized carbons (Fsp3) is 0.800. The number of alkyl halides is 3. The molecule has 2 atom stereocenters. The average Bonchev–Trinajstić information content (AvgIpc) is 2.62. The Hall–Kier alpha value is -1.31. The van der Waals surface area contributed by atoms with Crippen LogP contribution in [0.15, 0.2) is 4.42 Å². The molecule has 1 aliphatic heterocycles. The van der Waals surface area contributed by atoms with Gasteiger partial charge in [0.05, 0.1) is 0 Å². The predicted octanol–water partition coefficient (Wildman–Crippen LogP) is 1.82. The van der Waals surface area contributed by atoms with Gasteiger partial charge in [-0.25, -0.2) is 0 Å². The van der Waals surface area contributed by atoms with Crippen LogP contribution >= 0.6 is 0 Å². The number of nitrogens with one attached hydrogen (secondary N) is 1. The summed E-state index contributed by atoms with van der Waals surface area (Å²) in [6.45, 7) is 1.95. The summed E-state index contributed by atoms with van der Waals surface area (Å²) in [5.74, 6) is 0.426. The monoisotopic (exact) mass is 264 g/mol. The van der Waals surface area contributed by atoms with Crippen LogP contribution in [-0.2, 0) is 0 Å². The van der Waals surface area contributed by atoms with Crippen LogP contribution in [0.1, 0.15) is 18.7 Å². The number of hydrogen-bond donors (Lipinski definition) is 1. The average molecular weight is 264 g/mol. The Morgan fingerprint density at radius 1 is 1.33 bits per heavy atom. The zero-order valence-electron chi connectivity index (χ0n) is 10.2. The second-order valence-corrected chi connectivity index (χ2v) is 4.54. The molecule has 18 heavy (non-hydrogen) atoms. The van der Waals surface area contributed by atoms with E-state index in [1.807, 2.05) is 0 Å². The van der Waals surface area contributed by atoms with Crippen LogP contribution in [0.5, 0.6) is 0 Å². The summed E-state index contributed by atoms with van der Waals surface area (Å²) < 4.78 is 43.1. The number of nitrogens with zero attached hydrogens (tertiary/aromatic N) is 3. The van der Waals surface area contributed by atoms with E-state index in [0.717, 1.165) is 0 Å². The molecule has 1 aromatic heterocycles. The fourth-order valence-electron chi connectivity index (χ4n) is 2.21. The molecule has 0 unspecified atom stereocenters. The number of halogens is 3. The number of aromatic nitrogens is 2. The molecule has 0 saturated carbocycles. The summed E-state index contributed by atoms with van der Waals surface area (Å²) in [7, 11) is 1.48. The quantitative estimate of drug-likeness (QED) is 0.883. The Balaban J connectivity index is 1.92. The molecule has 0 spiro atoms. The molecule has 8 heteroatoms. The van der Waals surface area contributed by atoms with E-state index < -0.39 is 12.2 Å². The van der Waals surface area contributed by atoms with Gasteiger partial charge in [0.2, 0.25) is 5.89 Å². The second kappa shape index (κ2) is 4.75. The standard InChI is InChI=1S/C10H15F3N4O/c1-6-15-16-9(18-6)14-7-3-4-8(10(11,12)13)17(2)5-7/h7-8H,3-5H2,1-2H3,(H,14,16)/t7-,8+/m1/s1. The Bertz CT molecular complexity index is 406. The normalized spacial score (nSPS) is 26.3. The number of likely N-dealkylation sites (tertiary alicyclic amines) is 1. The molecule has 1 aliphatic rings. The predicted molar refractivity (Wildman–Crippen MR) is 58.2 cm³/mol. The van der Waals surface area contributed by atoms with E-state index in [1.165, 1.54) is 11.9 Å². The Morgan fingerprint density at radius 2 is 2.06 bits per heavy atom. The van der Waals surface area contributed by atoms with Crippen molar-refractivity contribution in [3.63, 3.8) is 0 Å². The maximum absolute atomic E-state index is 12.6. The Kier molecular flexibility index (Phi) is 3.47. The number of piperidine rings is 1. The molecule has 0 radical (unpaired) electrons. The fourth-order valence-corrected chi connectivity index (χ4v) is 2.21. The van der Waals surface area contributed by atoms with Gasteiger partial charge in [-0.3, -0.25) is 4.90 Å². The molecule has 102 valence electrons. The van der Waals surface area contributed by atoms with Crippen LogP contribution in [0.4, 0.5) is 19.2 Å². The third-order valence-electron chi connectivity index (χ3n) is 3.06. The van der Waals surface area contributed by atoms with E-state index in [9.17, 15) is 13.2 Å². The van der Waals surface area contributed by atoms with Crippen molar-refractivity contribution in [3.8, 4) is 0 Å². The molecule has 0 aliphatic carbocycles. The lowest BCUT2D eigenvalue weighted by molar-refractivity contribution is -0.187. The van der Waals surface area contributed by atoms with Crippen molar-refractivity contribution >= 4 is 6.01 Å². The van der Waals surface area contributed by atoms with E-state index in [4.69, 9.17) is 4.42 Å². The molecule has 1 saturated heterocycles. The van der Waals surface area contributed by atoms with E-state index in [2.05, 4.69) is 15.5 Å². The minimum atomic E-state index is -4.17. The van der Waals surface area contributed by atoms with Gasteiger partial charge in [-0.2, -0.15) is 13.2 Å². The third-order valence-corrected chi connectivity index (χ3v) is 3.06. The molecule has 1 N–H and O–H groups in total. The number of hydrogen-bond acceptors (Lipinski definition) is 5. The van der Waals surface area contributed by atoms with Crippen molar-refractivity contribution in [3.05, 3.63) is 5.89 Å². The summed E-state index contributed by atoms with van der Waals surface area (Å²) in [5.41, 5.74) is 0. The number of aryl methyl sites for hydroxylation is 1. The SMILES string of the molecule is Cc1nnc(N[C@@H]2CC[C@@H](C(F)(F)F)N(C)C2)o1. The first kappa shape index (κ1) is 13.1. The van der Waals surface area contributed by atoms with Gasteiger partial charge >= 0.3 is 12.2 Å². The first-order chi connectivity index (χ1) is 8.36. The van der Waals surface area contributed by atoms with Gasteiger partial charge in [-0.15, -0.1) is 5.10 Å². The van der Waals surface area contributed by atoms with Gasteiger partial charge < -0.3 is 9.73 Å². The van der Waals surface area contributed by atoms with Gasteiger partial charge in [0.15, 0.2) is 0 Å². The zero-order valence-corrected chi connectivity index (χ0v) is 10.2.